The van der Waals surface area contributed by atoms with Crippen molar-refractivity contribution in [3.63, 3.8) is 0 Å². The highest BCUT2D eigenvalue weighted by molar-refractivity contribution is 5.80. The molecule has 3 fully saturated rings. The first-order valence-electron chi connectivity index (χ1n) is 10.4. The molecule has 9 heteroatoms. The Morgan fingerprint density at radius 1 is 1.03 bits per heavy atom. The van der Waals surface area contributed by atoms with E-state index in [0.717, 1.165) is 12.8 Å². The number of piperidine rings is 1. The average molecular weight is 420 g/mol. The second-order valence-electron chi connectivity index (χ2n) is 9.75. The number of fused-ring (bicyclic) bond motifs is 2. The van der Waals surface area contributed by atoms with Crippen LogP contribution in [0.15, 0.2) is 0 Å². The van der Waals surface area contributed by atoms with Crippen molar-refractivity contribution in [2.75, 3.05) is 0 Å². The Morgan fingerprint density at radius 3 is 2.00 bits per heavy atom. The van der Waals surface area contributed by atoms with E-state index in [1.54, 1.807) is 4.90 Å². The molecule has 3 rings (SSSR count). The van der Waals surface area contributed by atoms with Crippen LogP contribution < -0.4 is 5.32 Å². The summed E-state index contributed by atoms with van der Waals surface area (Å²) in [5, 5.41) is 12.6. The number of halogens is 3. The van der Waals surface area contributed by atoms with E-state index in [1.165, 1.54) is 0 Å². The molecule has 2 aliphatic heterocycles. The lowest BCUT2D eigenvalue weighted by Crippen LogP contribution is -2.54. The minimum atomic E-state index is -4.64. The average Bonchev–Trinajstić information content (AvgIpc) is 2.85. The fraction of sp³-hybridized carbons (Fsp3) is 0.900. The topological polar surface area (TPSA) is 78.9 Å². The molecule has 2 heterocycles. The summed E-state index contributed by atoms with van der Waals surface area (Å²) in [6, 6.07) is -0.436. The van der Waals surface area contributed by atoms with Crippen LogP contribution in [0.5, 0.6) is 0 Å². The molecule has 166 valence electrons. The van der Waals surface area contributed by atoms with Gasteiger partial charge >= 0.3 is 12.3 Å². The van der Waals surface area contributed by atoms with Gasteiger partial charge in [-0.2, -0.15) is 13.2 Å². The van der Waals surface area contributed by atoms with Crippen molar-refractivity contribution in [1.29, 1.82) is 0 Å². The lowest BCUT2D eigenvalue weighted by Gasteiger charge is -2.40. The molecular formula is C20H31F3N2O4. The fourth-order valence-electron chi connectivity index (χ4n) is 4.85. The molecule has 1 saturated carbocycles. The summed E-state index contributed by atoms with van der Waals surface area (Å²) in [6.45, 7) is 5.45. The number of hydrogen-bond donors (Lipinski definition) is 2. The summed E-state index contributed by atoms with van der Waals surface area (Å²) < 4.78 is 44.3. The van der Waals surface area contributed by atoms with E-state index >= 15 is 0 Å². The highest BCUT2D eigenvalue weighted by atomic mass is 19.4. The van der Waals surface area contributed by atoms with Gasteiger partial charge in [0.15, 0.2) is 5.60 Å². The summed E-state index contributed by atoms with van der Waals surface area (Å²) in [7, 11) is 0. The zero-order chi connectivity index (χ0) is 21.6. The summed E-state index contributed by atoms with van der Waals surface area (Å²) >= 11 is 0. The quantitative estimate of drug-likeness (QED) is 0.717. The molecule has 2 amide bonds. The second-order valence-corrected chi connectivity index (χ2v) is 9.75. The van der Waals surface area contributed by atoms with Gasteiger partial charge in [-0.15, -0.1) is 0 Å². The molecule has 3 aliphatic rings. The van der Waals surface area contributed by atoms with Crippen LogP contribution in [0, 0.1) is 5.92 Å². The molecule has 2 unspecified atom stereocenters. The van der Waals surface area contributed by atoms with Gasteiger partial charge in [-0.3, -0.25) is 4.79 Å². The lowest BCUT2D eigenvalue weighted by atomic mass is 9.81. The number of nitrogens with zero attached hydrogens (tertiary/aromatic N) is 1. The number of alkyl halides is 3. The van der Waals surface area contributed by atoms with Crippen molar-refractivity contribution in [3.05, 3.63) is 0 Å². The minimum absolute atomic E-state index is 0.0407. The number of aliphatic hydroxyl groups is 1. The van der Waals surface area contributed by atoms with Gasteiger partial charge in [0, 0.05) is 24.0 Å². The zero-order valence-electron chi connectivity index (χ0n) is 17.2. The number of carbonyl (C=O) groups excluding carboxylic acids is 2. The Morgan fingerprint density at radius 2 is 1.55 bits per heavy atom. The van der Waals surface area contributed by atoms with Gasteiger partial charge in [0.1, 0.15) is 5.60 Å². The predicted octanol–water partition coefficient (Wildman–Crippen LogP) is 3.52. The van der Waals surface area contributed by atoms with E-state index in [-0.39, 0.29) is 48.9 Å². The first kappa shape index (κ1) is 22.2. The van der Waals surface area contributed by atoms with Gasteiger partial charge in [0.2, 0.25) is 5.91 Å². The number of hydrogen-bond acceptors (Lipinski definition) is 4. The number of ether oxygens (including phenoxy) is 1. The molecule has 2 N–H and O–H groups in total. The maximum absolute atomic E-state index is 12.9. The normalized spacial score (nSPS) is 35.3. The van der Waals surface area contributed by atoms with Crippen molar-refractivity contribution >= 4 is 12.0 Å². The highest BCUT2D eigenvalue weighted by Crippen LogP contribution is 2.42. The predicted molar refractivity (Wildman–Crippen MR) is 99.0 cm³/mol. The van der Waals surface area contributed by atoms with E-state index in [9.17, 15) is 27.9 Å². The van der Waals surface area contributed by atoms with E-state index in [1.807, 2.05) is 20.8 Å². The van der Waals surface area contributed by atoms with Crippen molar-refractivity contribution in [2.45, 2.75) is 108 Å². The molecule has 2 atom stereocenters. The Labute approximate surface area is 169 Å². The molecular weight excluding hydrogens is 389 g/mol. The summed E-state index contributed by atoms with van der Waals surface area (Å²) in [5.41, 5.74) is -3.23. The molecule has 2 saturated heterocycles. The smallest absolute Gasteiger partial charge is 0.417 e. The molecule has 0 spiro atoms. The molecule has 2 bridgehead atoms. The van der Waals surface area contributed by atoms with Crippen molar-refractivity contribution < 1.29 is 32.6 Å². The van der Waals surface area contributed by atoms with Gasteiger partial charge < -0.3 is 20.1 Å². The van der Waals surface area contributed by atoms with Crippen LogP contribution in [0.4, 0.5) is 18.0 Å². The number of nitrogens with one attached hydrogen (secondary N) is 1. The maximum atomic E-state index is 12.9. The van der Waals surface area contributed by atoms with Crippen LogP contribution >= 0.6 is 0 Å². The first-order chi connectivity index (χ1) is 13.3. The van der Waals surface area contributed by atoms with E-state index < -0.39 is 30.2 Å². The Kier molecular flexibility index (Phi) is 5.84. The first-order valence-corrected chi connectivity index (χ1v) is 10.4. The maximum Gasteiger partial charge on any atom is 0.417 e. The largest absolute Gasteiger partial charge is 0.444 e. The lowest BCUT2D eigenvalue weighted by molar-refractivity contribution is -0.270. The van der Waals surface area contributed by atoms with Crippen molar-refractivity contribution in [1.82, 2.24) is 10.2 Å². The van der Waals surface area contributed by atoms with Gasteiger partial charge in [-0.25, -0.2) is 4.79 Å². The highest BCUT2D eigenvalue weighted by Gasteiger charge is 2.55. The third kappa shape index (κ3) is 4.81. The van der Waals surface area contributed by atoms with Crippen LogP contribution in [0.3, 0.4) is 0 Å². The minimum Gasteiger partial charge on any atom is -0.444 e. The van der Waals surface area contributed by atoms with Crippen molar-refractivity contribution in [2.24, 2.45) is 5.92 Å². The molecule has 29 heavy (non-hydrogen) atoms. The Bertz CT molecular complexity index is 625. The monoisotopic (exact) mass is 420 g/mol. The Hall–Kier alpha value is -1.51. The molecule has 6 nitrogen and oxygen atoms in total. The fourth-order valence-corrected chi connectivity index (χ4v) is 4.85. The van der Waals surface area contributed by atoms with Gasteiger partial charge in [0.05, 0.1) is 0 Å². The molecule has 0 aromatic rings. The molecule has 0 aromatic heterocycles. The number of rotatable bonds is 2. The van der Waals surface area contributed by atoms with Crippen LogP contribution in [-0.2, 0) is 9.53 Å². The van der Waals surface area contributed by atoms with Crippen molar-refractivity contribution in [3.8, 4) is 0 Å². The van der Waals surface area contributed by atoms with Crippen LogP contribution in [0.1, 0.15) is 72.1 Å². The van der Waals surface area contributed by atoms with Crippen LogP contribution in [0.2, 0.25) is 0 Å². The number of amides is 2. The Balaban J connectivity index is 1.52. The molecule has 0 aromatic carbocycles. The third-order valence-corrected chi connectivity index (χ3v) is 6.39. The van der Waals surface area contributed by atoms with Crippen LogP contribution in [-0.4, -0.2) is 57.5 Å². The standard InChI is InChI=1S/C20H31F3N2O4/c1-18(2,3)29-17(27)25-14-4-5-15(25)11-12(10-14)16(26)24-13-6-8-19(28,9-7-13)20(21,22)23/h12-15,28H,4-11H2,1-3H3,(H,24,26). The summed E-state index contributed by atoms with van der Waals surface area (Å²) in [5.74, 6) is -0.414. The third-order valence-electron chi connectivity index (χ3n) is 6.39. The van der Waals surface area contributed by atoms with Gasteiger partial charge in [0.25, 0.3) is 0 Å². The second kappa shape index (κ2) is 7.63. The summed E-state index contributed by atoms with van der Waals surface area (Å²) in [4.78, 5) is 27.0. The van der Waals surface area contributed by atoms with Gasteiger partial charge in [-0.05, 0) is 72.1 Å². The van der Waals surface area contributed by atoms with Gasteiger partial charge in [-0.1, -0.05) is 0 Å². The van der Waals surface area contributed by atoms with E-state index in [0.29, 0.717) is 12.8 Å². The molecule has 1 aliphatic carbocycles. The SMILES string of the molecule is CC(C)(C)OC(=O)N1C2CCC1CC(C(=O)NC1CCC(O)(C(F)(F)F)CC1)C2. The summed E-state index contributed by atoms with van der Waals surface area (Å²) in [6.07, 6.45) is -2.84. The van der Waals surface area contributed by atoms with E-state index in [4.69, 9.17) is 4.74 Å². The van der Waals surface area contributed by atoms with Crippen LogP contribution in [0.25, 0.3) is 0 Å². The van der Waals surface area contributed by atoms with E-state index in [2.05, 4.69) is 5.32 Å². The zero-order valence-corrected chi connectivity index (χ0v) is 17.2. The number of carbonyl (C=O) groups is 2. The molecule has 0 radical (unpaired) electrons.